The number of ether oxygens (including phenoxy) is 3. The molecule has 2 rings (SSSR count). The molecule has 1 aliphatic rings. The van der Waals surface area contributed by atoms with Gasteiger partial charge in [-0.2, -0.15) is 0 Å². The molecule has 1 aromatic carbocycles. The molecule has 1 aliphatic heterocycles. The molecule has 0 saturated carbocycles. The maximum Gasteiger partial charge on any atom is 0.335 e. The van der Waals surface area contributed by atoms with Crippen molar-refractivity contribution in [1.29, 1.82) is 0 Å². The largest absolute Gasteiger partial charge is 0.497 e. The van der Waals surface area contributed by atoms with E-state index in [9.17, 15) is 9.59 Å². The van der Waals surface area contributed by atoms with Crippen LogP contribution in [0.25, 0.3) is 0 Å². The van der Waals surface area contributed by atoms with Gasteiger partial charge < -0.3 is 14.2 Å². The molecule has 1 aromatic rings. The highest BCUT2D eigenvalue weighted by Crippen LogP contribution is 2.42. The summed E-state index contributed by atoms with van der Waals surface area (Å²) in [7, 11) is 1.60. The van der Waals surface area contributed by atoms with Gasteiger partial charge in [-0.1, -0.05) is 64.2 Å². The fourth-order valence-corrected chi connectivity index (χ4v) is 3.63. The molecular weight excluding hydrogens is 368 g/mol. The number of esters is 2. The molecule has 5 nitrogen and oxygen atoms in total. The number of rotatable bonds is 12. The van der Waals surface area contributed by atoms with Crippen LogP contribution in [0.3, 0.4) is 0 Å². The Kier molecular flexibility index (Phi) is 8.74. The Morgan fingerprint density at radius 2 is 1.72 bits per heavy atom. The molecule has 5 heteroatoms. The fourth-order valence-electron chi connectivity index (χ4n) is 3.63. The SMILES string of the molecule is C=C1C(=O)O[C@H](CCCCCCCCC)[C@@]1(C)C(=O)OCc1ccc(OC)cc1. The smallest absolute Gasteiger partial charge is 0.335 e. The van der Waals surface area contributed by atoms with Crippen molar-refractivity contribution in [2.45, 2.75) is 77.9 Å². The first-order valence-electron chi connectivity index (χ1n) is 10.6. The van der Waals surface area contributed by atoms with Gasteiger partial charge in [0.15, 0.2) is 0 Å². The van der Waals surface area contributed by atoms with Crippen LogP contribution in [0.2, 0.25) is 0 Å². The third-order valence-corrected chi connectivity index (χ3v) is 5.79. The average molecular weight is 403 g/mol. The maximum atomic E-state index is 12.9. The zero-order valence-corrected chi connectivity index (χ0v) is 18.0. The minimum atomic E-state index is -1.13. The molecule has 1 heterocycles. The number of carbonyl (C=O) groups is 2. The summed E-state index contributed by atoms with van der Waals surface area (Å²) in [4.78, 5) is 25.0. The first-order valence-corrected chi connectivity index (χ1v) is 10.6. The summed E-state index contributed by atoms with van der Waals surface area (Å²) in [6.07, 6.45) is 8.29. The zero-order chi connectivity index (χ0) is 21.3. The average Bonchev–Trinajstić information content (AvgIpc) is 2.96. The summed E-state index contributed by atoms with van der Waals surface area (Å²) in [5.74, 6) is -0.219. The van der Waals surface area contributed by atoms with Crippen LogP contribution in [0.4, 0.5) is 0 Å². The number of methoxy groups -OCH3 is 1. The lowest BCUT2D eigenvalue weighted by Gasteiger charge is -2.27. The molecule has 0 aliphatic carbocycles. The summed E-state index contributed by atoms with van der Waals surface area (Å²) in [6, 6.07) is 7.32. The topological polar surface area (TPSA) is 61.8 Å². The monoisotopic (exact) mass is 402 g/mol. The number of hydrogen-bond donors (Lipinski definition) is 0. The molecule has 0 unspecified atom stereocenters. The Bertz CT molecular complexity index is 694. The van der Waals surface area contributed by atoms with Crippen molar-refractivity contribution in [3.8, 4) is 5.75 Å². The molecular formula is C24H34O5. The Balaban J connectivity index is 1.90. The lowest BCUT2D eigenvalue weighted by Crippen LogP contribution is -2.38. The van der Waals surface area contributed by atoms with Crippen molar-refractivity contribution in [1.82, 2.24) is 0 Å². The van der Waals surface area contributed by atoms with E-state index in [4.69, 9.17) is 14.2 Å². The van der Waals surface area contributed by atoms with Gasteiger partial charge in [0.2, 0.25) is 0 Å². The highest BCUT2D eigenvalue weighted by atomic mass is 16.6. The van der Waals surface area contributed by atoms with Crippen LogP contribution in [0.5, 0.6) is 5.75 Å². The van der Waals surface area contributed by atoms with Crippen molar-refractivity contribution in [3.63, 3.8) is 0 Å². The van der Waals surface area contributed by atoms with Gasteiger partial charge in [-0.05, 0) is 37.5 Å². The Morgan fingerprint density at radius 3 is 2.34 bits per heavy atom. The minimum Gasteiger partial charge on any atom is -0.497 e. The van der Waals surface area contributed by atoms with Crippen LogP contribution in [0, 0.1) is 5.41 Å². The molecule has 0 amide bonds. The van der Waals surface area contributed by atoms with E-state index in [0.29, 0.717) is 6.42 Å². The lowest BCUT2D eigenvalue weighted by atomic mass is 9.78. The van der Waals surface area contributed by atoms with E-state index in [1.54, 1.807) is 14.0 Å². The van der Waals surface area contributed by atoms with Crippen LogP contribution in [-0.2, 0) is 25.7 Å². The number of hydrogen-bond acceptors (Lipinski definition) is 5. The maximum absolute atomic E-state index is 12.9. The highest BCUT2D eigenvalue weighted by Gasteiger charge is 2.55. The van der Waals surface area contributed by atoms with E-state index in [0.717, 1.165) is 24.2 Å². The fraction of sp³-hybridized carbons (Fsp3) is 0.583. The van der Waals surface area contributed by atoms with Gasteiger partial charge >= 0.3 is 11.9 Å². The molecule has 1 fully saturated rings. The normalized spacial score (nSPS) is 21.1. The molecule has 29 heavy (non-hydrogen) atoms. The Morgan fingerprint density at radius 1 is 1.10 bits per heavy atom. The standard InChI is InChI=1S/C24H34O5/c1-5-6-7-8-9-10-11-12-21-24(3,18(2)22(25)29-21)23(26)28-17-19-13-15-20(27-4)16-14-19/h13-16,21H,2,5-12,17H2,1,3-4H3/t21-,24+/m1/s1. The molecule has 1 saturated heterocycles. The second kappa shape index (κ2) is 11.0. The van der Waals surface area contributed by atoms with Gasteiger partial charge in [0, 0.05) is 0 Å². The molecule has 0 aromatic heterocycles. The second-order valence-corrected chi connectivity index (χ2v) is 7.91. The molecule has 0 bridgehead atoms. The predicted molar refractivity (Wildman–Crippen MR) is 113 cm³/mol. The van der Waals surface area contributed by atoms with Crippen molar-refractivity contribution >= 4 is 11.9 Å². The summed E-state index contributed by atoms with van der Waals surface area (Å²) < 4.78 is 16.2. The van der Waals surface area contributed by atoms with Crippen molar-refractivity contribution < 1.29 is 23.8 Å². The van der Waals surface area contributed by atoms with Crippen LogP contribution < -0.4 is 4.74 Å². The third-order valence-electron chi connectivity index (χ3n) is 5.79. The van der Waals surface area contributed by atoms with E-state index in [1.165, 1.54) is 32.1 Å². The molecule has 0 spiro atoms. The Hall–Kier alpha value is -2.30. The van der Waals surface area contributed by atoms with Gasteiger partial charge in [-0.15, -0.1) is 0 Å². The van der Waals surface area contributed by atoms with Crippen LogP contribution in [-0.4, -0.2) is 25.2 Å². The van der Waals surface area contributed by atoms with Gasteiger partial charge in [-0.25, -0.2) is 4.79 Å². The van der Waals surface area contributed by atoms with Gasteiger partial charge in [0.25, 0.3) is 0 Å². The molecule has 0 N–H and O–H groups in total. The summed E-state index contributed by atoms with van der Waals surface area (Å²) in [5, 5.41) is 0. The van der Waals surface area contributed by atoms with E-state index >= 15 is 0 Å². The van der Waals surface area contributed by atoms with E-state index in [2.05, 4.69) is 13.5 Å². The summed E-state index contributed by atoms with van der Waals surface area (Å²) in [5.41, 5.74) is -0.0985. The first kappa shape index (κ1) is 23.0. The summed E-state index contributed by atoms with van der Waals surface area (Å²) in [6.45, 7) is 7.87. The van der Waals surface area contributed by atoms with Crippen LogP contribution in [0.15, 0.2) is 36.4 Å². The van der Waals surface area contributed by atoms with E-state index < -0.39 is 23.5 Å². The lowest BCUT2D eigenvalue weighted by molar-refractivity contribution is -0.158. The summed E-state index contributed by atoms with van der Waals surface area (Å²) >= 11 is 0. The van der Waals surface area contributed by atoms with Crippen molar-refractivity contribution in [2.75, 3.05) is 7.11 Å². The zero-order valence-electron chi connectivity index (χ0n) is 18.0. The van der Waals surface area contributed by atoms with E-state index in [-0.39, 0.29) is 12.2 Å². The number of benzene rings is 1. The van der Waals surface area contributed by atoms with Crippen LogP contribution in [0.1, 0.15) is 70.8 Å². The second-order valence-electron chi connectivity index (χ2n) is 7.91. The number of cyclic esters (lactones) is 1. The van der Waals surface area contributed by atoms with Crippen molar-refractivity contribution in [2.24, 2.45) is 5.41 Å². The number of carbonyl (C=O) groups excluding carboxylic acids is 2. The van der Waals surface area contributed by atoms with Gasteiger partial charge in [0.05, 0.1) is 12.7 Å². The highest BCUT2D eigenvalue weighted by molar-refractivity contribution is 6.00. The third kappa shape index (κ3) is 5.84. The van der Waals surface area contributed by atoms with E-state index in [1.807, 2.05) is 24.3 Å². The quantitative estimate of drug-likeness (QED) is 0.267. The Labute approximate surface area is 174 Å². The minimum absolute atomic E-state index is 0.129. The molecule has 2 atom stereocenters. The van der Waals surface area contributed by atoms with Crippen LogP contribution >= 0.6 is 0 Å². The molecule has 0 radical (unpaired) electrons. The van der Waals surface area contributed by atoms with Gasteiger partial charge in [-0.3, -0.25) is 4.79 Å². The van der Waals surface area contributed by atoms with Gasteiger partial charge in [0.1, 0.15) is 23.9 Å². The predicted octanol–water partition coefficient (Wildman–Crippen LogP) is 5.37. The first-order chi connectivity index (χ1) is 13.9. The number of unbranched alkanes of at least 4 members (excludes halogenated alkanes) is 6. The molecule has 160 valence electrons. The van der Waals surface area contributed by atoms with Crippen molar-refractivity contribution in [3.05, 3.63) is 42.0 Å².